The molecule has 0 aliphatic rings. The Morgan fingerprint density at radius 1 is 0.773 bits per heavy atom. The van der Waals surface area contributed by atoms with Gasteiger partial charge in [-0.25, -0.2) is 0 Å². The van der Waals surface area contributed by atoms with Crippen molar-refractivity contribution in [2.24, 2.45) is 0 Å². The van der Waals surface area contributed by atoms with Crippen molar-refractivity contribution < 1.29 is 14.3 Å². The van der Waals surface area contributed by atoms with Gasteiger partial charge in [-0.3, -0.25) is 9.59 Å². The summed E-state index contributed by atoms with van der Waals surface area (Å²) in [6.45, 7) is 3.07. The molecule has 4 nitrogen and oxygen atoms in total. The Hall–Kier alpha value is -0.900. The minimum Gasteiger partial charge on any atom is -0.465 e. The van der Waals surface area contributed by atoms with Gasteiger partial charge in [0.1, 0.15) is 12.2 Å². The summed E-state index contributed by atoms with van der Waals surface area (Å²) < 4.78 is 4.99. The van der Waals surface area contributed by atoms with E-state index in [4.69, 9.17) is 4.74 Å². The fourth-order valence-corrected chi connectivity index (χ4v) is 2.38. The Kier molecular flexibility index (Phi) is 14.4. The van der Waals surface area contributed by atoms with Crippen LogP contribution in [-0.4, -0.2) is 43.9 Å². The number of esters is 1. The van der Waals surface area contributed by atoms with Crippen LogP contribution in [0.4, 0.5) is 0 Å². The molecule has 4 heteroatoms. The van der Waals surface area contributed by atoms with Crippen molar-refractivity contribution in [3.63, 3.8) is 0 Å². The number of unbranched alkanes of at least 4 members (excludes halogenated alkanes) is 9. The minimum absolute atomic E-state index is 0.0887. The maximum Gasteiger partial charge on any atom is 0.313 e. The Bertz CT molecular complexity index is 290. The van der Waals surface area contributed by atoms with Crippen molar-refractivity contribution in [2.75, 3.05) is 27.2 Å². The van der Waals surface area contributed by atoms with E-state index in [1.807, 2.05) is 0 Å². The molecule has 0 aromatic carbocycles. The molecule has 0 amide bonds. The molecule has 0 aliphatic carbocycles. The van der Waals surface area contributed by atoms with Crippen molar-refractivity contribution >= 4 is 11.8 Å². The summed E-state index contributed by atoms with van der Waals surface area (Å²) in [6, 6.07) is 0. The van der Waals surface area contributed by atoms with E-state index in [1.54, 1.807) is 0 Å². The highest BCUT2D eigenvalue weighted by molar-refractivity contribution is 5.94. The van der Waals surface area contributed by atoms with Crippen molar-refractivity contribution in [1.29, 1.82) is 0 Å². The molecule has 0 bridgehead atoms. The molecule has 0 aromatic rings. The van der Waals surface area contributed by atoms with Gasteiger partial charge in [-0.15, -0.1) is 0 Å². The van der Waals surface area contributed by atoms with E-state index >= 15 is 0 Å². The summed E-state index contributed by atoms with van der Waals surface area (Å²) in [5, 5.41) is 0. The van der Waals surface area contributed by atoms with Gasteiger partial charge in [0.25, 0.3) is 0 Å². The second kappa shape index (κ2) is 15.0. The zero-order valence-corrected chi connectivity index (χ0v) is 14.9. The first kappa shape index (κ1) is 21.1. The van der Waals surface area contributed by atoms with Gasteiger partial charge < -0.3 is 9.64 Å². The molecule has 0 spiro atoms. The molecule has 130 valence electrons. The highest BCUT2D eigenvalue weighted by atomic mass is 16.5. The summed E-state index contributed by atoms with van der Waals surface area (Å²) in [5.41, 5.74) is 0. The number of ketones is 1. The van der Waals surface area contributed by atoms with E-state index in [0.717, 1.165) is 12.8 Å². The first-order valence-corrected chi connectivity index (χ1v) is 8.82. The van der Waals surface area contributed by atoms with Crippen LogP contribution in [0.15, 0.2) is 0 Å². The zero-order chi connectivity index (χ0) is 16.6. The first-order valence-electron chi connectivity index (χ1n) is 8.82. The molecule has 0 saturated heterocycles. The lowest BCUT2D eigenvalue weighted by Crippen LogP contribution is -2.12. The van der Waals surface area contributed by atoms with Crippen LogP contribution in [0.3, 0.4) is 0 Å². The fraction of sp³-hybridized carbons (Fsp3) is 0.889. The Balaban J connectivity index is 3.11. The highest BCUT2D eigenvalue weighted by Crippen LogP contribution is 2.10. The minimum atomic E-state index is -0.387. The molecule has 0 fully saturated rings. The van der Waals surface area contributed by atoms with E-state index in [1.165, 1.54) is 64.8 Å². The van der Waals surface area contributed by atoms with Crippen LogP contribution in [0.5, 0.6) is 0 Å². The topological polar surface area (TPSA) is 46.6 Å². The molecule has 0 atom stereocenters. The standard InChI is InChI=1S/C18H35NO3/c1-17(20)16-18(21)22-15-13-11-9-7-5-4-6-8-10-12-14-19(2)3/h4-16H2,1-3H3. The predicted octanol–water partition coefficient (Wildman–Crippen LogP) is 3.97. The number of hydrogen-bond donors (Lipinski definition) is 0. The van der Waals surface area contributed by atoms with Gasteiger partial charge in [0.15, 0.2) is 0 Å². The maximum absolute atomic E-state index is 11.1. The Morgan fingerprint density at radius 3 is 1.68 bits per heavy atom. The zero-order valence-electron chi connectivity index (χ0n) is 14.9. The molecule has 22 heavy (non-hydrogen) atoms. The third kappa shape index (κ3) is 17.2. The van der Waals surface area contributed by atoms with E-state index in [9.17, 15) is 9.59 Å². The fourth-order valence-electron chi connectivity index (χ4n) is 2.38. The van der Waals surface area contributed by atoms with Crippen molar-refractivity contribution in [2.45, 2.75) is 77.6 Å². The molecule has 0 N–H and O–H groups in total. The SMILES string of the molecule is CC(=O)CC(=O)OCCCCCCCCCCCCN(C)C. The maximum atomic E-state index is 11.1. The van der Waals surface area contributed by atoms with Crippen LogP contribution in [0.1, 0.15) is 77.6 Å². The predicted molar refractivity (Wildman–Crippen MR) is 91.0 cm³/mol. The number of nitrogens with zero attached hydrogens (tertiary/aromatic N) is 1. The number of carbonyl (C=O) groups excluding carboxylic acids is 2. The largest absolute Gasteiger partial charge is 0.465 e. The van der Waals surface area contributed by atoms with Crippen molar-refractivity contribution in [1.82, 2.24) is 4.90 Å². The summed E-state index contributed by atoms with van der Waals surface area (Å²) in [4.78, 5) is 24.1. The van der Waals surface area contributed by atoms with Gasteiger partial charge in [-0.1, -0.05) is 51.4 Å². The number of ether oxygens (including phenoxy) is 1. The van der Waals surface area contributed by atoms with Gasteiger partial charge in [0, 0.05) is 0 Å². The summed E-state index contributed by atoms with van der Waals surface area (Å²) >= 11 is 0. The first-order chi connectivity index (χ1) is 10.5. The molecule has 0 heterocycles. The van der Waals surface area contributed by atoms with Crippen LogP contribution in [-0.2, 0) is 14.3 Å². The number of rotatable bonds is 15. The van der Waals surface area contributed by atoms with Crippen LogP contribution in [0, 0.1) is 0 Å². The molecule has 0 aromatic heterocycles. The van der Waals surface area contributed by atoms with E-state index < -0.39 is 0 Å². The van der Waals surface area contributed by atoms with Crippen molar-refractivity contribution in [3.05, 3.63) is 0 Å². The van der Waals surface area contributed by atoms with E-state index in [2.05, 4.69) is 19.0 Å². The van der Waals surface area contributed by atoms with Gasteiger partial charge in [0.2, 0.25) is 0 Å². The quantitative estimate of drug-likeness (QED) is 0.261. The molecule has 0 aliphatic heterocycles. The highest BCUT2D eigenvalue weighted by Gasteiger charge is 2.05. The molecule has 0 radical (unpaired) electrons. The van der Waals surface area contributed by atoms with E-state index in [-0.39, 0.29) is 18.2 Å². The Labute approximate surface area is 136 Å². The molecular weight excluding hydrogens is 278 g/mol. The number of Topliss-reactive ketones (excluding diaryl/α,β-unsaturated/α-hetero) is 1. The molecule has 0 saturated carbocycles. The van der Waals surface area contributed by atoms with Gasteiger partial charge in [-0.05, 0) is 40.4 Å². The lowest BCUT2D eigenvalue weighted by molar-refractivity contribution is -0.145. The van der Waals surface area contributed by atoms with Gasteiger partial charge >= 0.3 is 5.97 Å². The lowest BCUT2D eigenvalue weighted by Gasteiger charge is -2.08. The van der Waals surface area contributed by atoms with E-state index in [0.29, 0.717) is 6.61 Å². The molecular formula is C18H35NO3. The molecule has 0 rings (SSSR count). The summed E-state index contributed by atoms with van der Waals surface area (Å²) in [7, 11) is 4.26. The average Bonchev–Trinajstić information content (AvgIpc) is 2.42. The van der Waals surface area contributed by atoms with Crippen molar-refractivity contribution in [3.8, 4) is 0 Å². The Morgan fingerprint density at radius 2 is 1.23 bits per heavy atom. The van der Waals surface area contributed by atoms with Crippen LogP contribution >= 0.6 is 0 Å². The van der Waals surface area contributed by atoms with Gasteiger partial charge in [0.05, 0.1) is 6.61 Å². The summed E-state index contributed by atoms with van der Waals surface area (Å²) in [6.07, 6.45) is 12.5. The van der Waals surface area contributed by atoms with Crippen LogP contribution < -0.4 is 0 Å². The number of carbonyl (C=O) groups is 2. The second-order valence-corrected chi connectivity index (χ2v) is 6.44. The number of hydrogen-bond acceptors (Lipinski definition) is 4. The second-order valence-electron chi connectivity index (χ2n) is 6.44. The smallest absolute Gasteiger partial charge is 0.313 e. The van der Waals surface area contributed by atoms with Crippen LogP contribution in [0.2, 0.25) is 0 Å². The monoisotopic (exact) mass is 313 g/mol. The average molecular weight is 313 g/mol. The van der Waals surface area contributed by atoms with Crippen LogP contribution in [0.25, 0.3) is 0 Å². The van der Waals surface area contributed by atoms with Gasteiger partial charge in [-0.2, -0.15) is 0 Å². The summed E-state index contributed by atoms with van der Waals surface area (Å²) in [5.74, 6) is -0.520. The third-order valence-corrected chi connectivity index (χ3v) is 3.66. The lowest BCUT2D eigenvalue weighted by atomic mass is 10.1. The molecule has 0 unspecified atom stereocenters. The third-order valence-electron chi connectivity index (χ3n) is 3.66. The normalized spacial score (nSPS) is 10.9.